The molecule has 0 bridgehead atoms. The second kappa shape index (κ2) is 6.06. The Morgan fingerprint density at radius 2 is 1.95 bits per heavy atom. The Balaban J connectivity index is 1.88. The van der Waals surface area contributed by atoms with Crippen LogP contribution in [0.1, 0.15) is 41.6 Å². The van der Waals surface area contributed by atoms with Gasteiger partial charge in [-0.25, -0.2) is 0 Å². The van der Waals surface area contributed by atoms with Gasteiger partial charge in [0, 0.05) is 31.9 Å². The number of aliphatic hydroxyl groups is 1. The van der Waals surface area contributed by atoms with Gasteiger partial charge in [-0.05, 0) is 44.7 Å². The molecule has 0 saturated carbocycles. The molecule has 0 spiro atoms. The van der Waals surface area contributed by atoms with Crippen LogP contribution in [0.25, 0.3) is 0 Å². The number of rotatable bonds is 2. The van der Waals surface area contributed by atoms with Crippen LogP contribution in [-0.4, -0.2) is 48.2 Å². The fourth-order valence-electron chi connectivity index (χ4n) is 3.36. The number of benzene rings is 1. The highest BCUT2D eigenvalue weighted by molar-refractivity contribution is 6.00. The van der Waals surface area contributed by atoms with Crippen molar-refractivity contribution in [3.8, 4) is 0 Å². The molecule has 0 aromatic heterocycles. The molecule has 2 fully saturated rings. The first-order chi connectivity index (χ1) is 10.1. The van der Waals surface area contributed by atoms with Gasteiger partial charge in [0.2, 0.25) is 0 Å². The summed E-state index contributed by atoms with van der Waals surface area (Å²) < 4.78 is 0. The van der Waals surface area contributed by atoms with Gasteiger partial charge in [-0.15, -0.1) is 0 Å². The molecule has 1 aromatic carbocycles. The van der Waals surface area contributed by atoms with Crippen molar-refractivity contribution in [2.75, 3.05) is 31.1 Å². The van der Waals surface area contributed by atoms with Crippen LogP contribution in [0, 0.1) is 6.92 Å². The predicted molar refractivity (Wildman–Crippen MR) is 83.8 cm³/mol. The lowest BCUT2D eigenvalue weighted by molar-refractivity contribution is 0.0474. The minimum atomic E-state index is -0.372. The number of carbonyl (C=O) groups excluding carboxylic acids is 1. The van der Waals surface area contributed by atoms with Crippen LogP contribution >= 0.6 is 0 Å². The number of nitrogens with zero attached hydrogens (tertiary/aromatic N) is 2. The fourth-order valence-corrected chi connectivity index (χ4v) is 3.36. The van der Waals surface area contributed by atoms with Gasteiger partial charge in [0.15, 0.2) is 0 Å². The first-order valence-electron chi connectivity index (χ1n) is 7.98. The molecule has 1 N–H and O–H groups in total. The summed E-state index contributed by atoms with van der Waals surface area (Å²) in [6.45, 7) is 5.31. The highest BCUT2D eigenvalue weighted by Gasteiger charge is 2.26. The van der Waals surface area contributed by atoms with E-state index in [4.69, 9.17) is 0 Å². The molecule has 0 radical (unpaired) electrons. The molecule has 4 nitrogen and oxygen atoms in total. The molecule has 2 aliphatic heterocycles. The van der Waals surface area contributed by atoms with Crippen LogP contribution in [0.15, 0.2) is 18.2 Å². The third-order valence-corrected chi connectivity index (χ3v) is 4.51. The molecule has 0 aliphatic carbocycles. The molecule has 1 atom stereocenters. The molecular formula is C17H24N2O2. The van der Waals surface area contributed by atoms with Crippen LogP contribution < -0.4 is 4.90 Å². The Morgan fingerprint density at radius 3 is 2.67 bits per heavy atom. The third-order valence-electron chi connectivity index (χ3n) is 4.51. The monoisotopic (exact) mass is 288 g/mol. The van der Waals surface area contributed by atoms with E-state index >= 15 is 0 Å². The molecular weight excluding hydrogens is 264 g/mol. The second-order valence-electron chi connectivity index (χ2n) is 6.26. The first-order valence-corrected chi connectivity index (χ1v) is 7.98. The minimum absolute atomic E-state index is 0.0688. The zero-order chi connectivity index (χ0) is 14.8. The molecule has 1 unspecified atom stereocenters. The summed E-state index contributed by atoms with van der Waals surface area (Å²) in [4.78, 5) is 17.0. The maximum Gasteiger partial charge on any atom is 0.256 e. The number of piperidine rings is 1. The summed E-state index contributed by atoms with van der Waals surface area (Å²) in [6.07, 6.45) is 3.71. The lowest BCUT2D eigenvalue weighted by Crippen LogP contribution is -2.42. The zero-order valence-corrected chi connectivity index (χ0v) is 12.7. The summed E-state index contributed by atoms with van der Waals surface area (Å²) in [5.74, 6) is 0.0688. The van der Waals surface area contributed by atoms with Crippen LogP contribution in [0.5, 0.6) is 0 Å². The van der Waals surface area contributed by atoms with Gasteiger partial charge < -0.3 is 14.9 Å². The SMILES string of the molecule is Cc1ccc(N2CCCC2)c(C(=O)N2CCCC(O)C2)c1. The summed E-state index contributed by atoms with van der Waals surface area (Å²) in [5.41, 5.74) is 2.97. The molecule has 1 aromatic rings. The predicted octanol–water partition coefficient (Wildman–Crippen LogP) is 2.19. The summed E-state index contributed by atoms with van der Waals surface area (Å²) in [7, 11) is 0. The summed E-state index contributed by atoms with van der Waals surface area (Å²) in [5, 5.41) is 9.81. The summed E-state index contributed by atoms with van der Waals surface area (Å²) >= 11 is 0. The van der Waals surface area contributed by atoms with Gasteiger partial charge in [0.05, 0.1) is 11.7 Å². The maximum atomic E-state index is 12.9. The lowest BCUT2D eigenvalue weighted by Gasteiger charge is -2.31. The van der Waals surface area contributed by atoms with Crippen LogP contribution in [0.3, 0.4) is 0 Å². The number of hydrogen-bond donors (Lipinski definition) is 1. The highest BCUT2D eigenvalue weighted by atomic mass is 16.3. The van der Waals surface area contributed by atoms with E-state index in [0.29, 0.717) is 6.54 Å². The Kier molecular flexibility index (Phi) is 4.15. The van der Waals surface area contributed by atoms with Crippen molar-refractivity contribution in [2.24, 2.45) is 0 Å². The van der Waals surface area contributed by atoms with Gasteiger partial charge in [0.25, 0.3) is 5.91 Å². The smallest absolute Gasteiger partial charge is 0.256 e. The number of anilines is 1. The van der Waals surface area contributed by atoms with E-state index in [-0.39, 0.29) is 12.0 Å². The van der Waals surface area contributed by atoms with Crippen molar-refractivity contribution in [3.05, 3.63) is 29.3 Å². The van der Waals surface area contributed by atoms with E-state index in [0.717, 1.165) is 49.3 Å². The number of carbonyl (C=O) groups is 1. The number of amides is 1. The van der Waals surface area contributed by atoms with Crippen LogP contribution in [0.4, 0.5) is 5.69 Å². The molecule has 4 heteroatoms. The normalized spacial score (nSPS) is 22.7. The van der Waals surface area contributed by atoms with E-state index in [1.54, 1.807) is 0 Å². The summed E-state index contributed by atoms with van der Waals surface area (Å²) in [6, 6.07) is 6.15. The van der Waals surface area contributed by atoms with E-state index in [9.17, 15) is 9.90 Å². The van der Waals surface area contributed by atoms with Crippen LogP contribution in [-0.2, 0) is 0 Å². The number of aryl methyl sites for hydroxylation is 1. The fraction of sp³-hybridized carbons (Fsp3) is 0.588. The first kappa shape index (κ1) is 14.4. The molecule has 21 heavy (non-hydrogen) atoms. The van der Waals surface area contributed by atoms with Gasteiger partial charge in [0.1, 0.15) is 0 Å². The van der Waals surface area contributed by atoms with Crippen molar-refractivity contribution in [2.45, 2.75) is 38.7 Å². The number of likely N-dealkylation sites (tertiary alicyclic amines) is 1. The maximum absolute atomic E-state index is 12.9. The number of hydrogen-bond acceptors (Lipinski definition) is 3. The highest BCUT2D eigenvalue weighted by Crippen LogP contribution is 2.27. The Labute approximate surface area is 126 Å². The lowest BCUT2D eigenvalue weighted by atomic mass is 10.0. The Bertz CT molecular complexity index is 524. The van der Waals surface area contributed by atoms with Gasteiger partial charge in [-0.2, -0.15) is 0 Å². The minimum Gasteiger partial charge on any atom is -0.391 e. The van der Waals surface area contributed by atoms with E-state index in [1.165, 1.54) is 12.8 Å². The topological polar surface area (TPSA) is 43.8 Å². The Hall–Kier alpha value is -1.55. The van der Waals surface area contributed by atoms with Gasteiger partial charge in [-0.1, -0.05) is 11.6 Å². The van der Waals surface area contributed by atoms with Gasteiger partial charge >= 0.3 is 0 Å². The number of aliphatic hydroxyl groups excluding tert-OH is 1. The van der Waals surface area contributed by atoms with Crippen molar-refractivity contribution >= 4 is 11.6 Å². The van der Waals surface area contributed by atoms with E-state index in [2.05, 4.69) is 17.0 Å². The molecule has 2 saturated heterocycles. The molecule has 2 aliphatic rings. The third kappa shape index (κ3) is 3.05. The quantitative estimate of drug-likeness (QED) is 0.907. The average molecular weight is 288 g/mol. The average Bonchev–Trinajstić information content (AvgIpc) is 3.00. The van der Waals surface area contributed by atoms with Crippen molar-refractivity contribution < 1.29 is 9.90 Å². The van der Waals surface area contributed by atoms with Crippen molar-refractivity contribution in [1.29, 1.82) is 0 Å². The zero-order valence-electron chi connectivity index (χ0n) is 12.7. The standard InChI is InChI=1S/C17H24N2O2/c1-13-6-7-16(18-8-2-3-9-18)15(11-13)17(21)19-10-4-5-14(20)12-19/h6-7,11,14,20H,2-5,8-10,12H2,1H3. The largest absolute Gasteiger partial charge is 0.391 e. The molecule has 2 heterocycles. The van der Waals surface area contributed by atoms with Gasteiger partial charge in [-0.3, -0.25) is 4.79 Å². The molecule has 1 amide bonds. The van der Waals surface area contributed by atoms with E-state index < -0.39 is 0 Å². The Morgan fingerprint density at radius 1 is 1.19 bits per heavy atom. The van der Waals surface area contributed by atoms with Crippen molar-refractivity contribution in [3.63, 3.8) is 0 Å². The van der Waals surface area contributed by atoms with E-state index in [1.807, 2.05) is 17.9 Å². The molecule has 114 valence electrons. The van der Waals surface area contributed by atoms with Crippen LogP contribution in [0.2, 0.25) is 0 Å². The van der Waals surface area contributed by atoms with Crippen molar-refractivity contribution in [1.82, 2.24) is 4.90 Å². The second-order valence-corrected chi connectivity index (χ2v) is 6.26. The molecule has 3 rings (SSSR count). The number of β-amino-alcohol motifs (C(OH)–C–C–N with tert-alkyl or cyclic N) is 1.